The molecule has 2 aliphatic rings. The lowest BCUT2D eigenvalue weighted by atomic mass is 9.99. The van der Waals surface area contributed by atoms with Crippen LogP contribution in [0.15, 0.2) is 66.7 Å². The second-order valence-electron chi connectivity index (χ2n) is 9.40. The zero-order chi connectivity index (χ0) is 26.8. The van der Waals surface area contributed by atoms with Crippen molar-refractivity contribution in [2.45, 2.75) is 25.2 Å². The number of amides is 4. The van der Waals surface area contributed by atoms with Crippen LogP contribution in [0.3, 0.4) is 0 Å². The summed E-state index contributed by atoms with van der Waals surface area (Å²) in [6.07, 6.45) is 5.17. The van der Waals surface area contributed by atoms with Crippen molar-refractivity contribution < 1.29 is 18.8 Å². The van der Waals surface area contributed by atoms with Crippen LogP contribution in [-0.4, -0.2) is 76.6 Å². The summed E-state index contributed by atoms with van der Waals surface area (Å²) in [7, 11) is 1.50. The number of hydrogen-bond donors (Lipinski definition) is 1. The Balaban J connectivity index is 1.53. The van der Waals surface area contributed by atoms with Gasteiger partial charge in [0.25, 0.3) is 0 Å². The number of fused-ring (bicyclic) bond motifs is 2. The Labute approximate surface area is 220 Å². The fourth-order valence-electron chi connectivity index (χ4n) is 5.36. The van der Waals surface area contributed by atoms with E-state index in [4.69, 9.17) is 6.42 Å². The summed E-state index contributed by atoms with van der Waals surface area (Å²) in [5, 5.41) is 7.66. The molecule has 0 saturated carbocycles. The Kier molecular flexibility index (Phi) is 6.99. The lowest BCUT2D eigenvalue weighted by Gasteiger charge is -2.46. The zero-order valence-electron chi connectivity index (χ0n) is 21.0. The number of piperazine rings is 1. The predicted octanol–water partition coefficient (Wildman–Crippen LogP) is 2.59. The minimum Gasteiger partial charge on any atom is -0.340 e. The Morgan fingerprint density at radius 1 is 1.11 bits per heavy atom. The van der Waals surface area contributed by atoms with Crippen LogP contribution in [0, 0.1) is 18.2 Å². The topological polar surface area (TPSA) is 76.2 Å². The summed E-state index contributed by atoms with van der Waals surface area (Å²) in [6, 6.07) is 18.6. The van der Waals surface area contributed by atoms with Gasteiger partial charge in [-0.05, 0) is 34.0 Å². The molecule has 2 heterocycles. The lowest BCUT2D eigenvalue weighted by Crippen LogP contribution is -2.66. The third kappa shape index (κ3) is 4.66. The highest BCUT2D eigenvalue weighted by Crippen LogP contribution is 2.31. The average Bonchev–Trinajstić information content (AvgIpc) is 3.25. The van der Waals surface area contributed by atoms with Crippen LogP contribution >= 0.6 is 0 Å². The van der Waals surface area contributed by atoms with Crippen molar-refractivity contribution in [3.05, 3.63) is 83.7 Å². The maximum absolute atomic E-state index is 13.9. The van der Waals surface area contributed by atoms with Gasteiger partial charge < -0.3 is 15.1 Å². The Morgan fingerprint density at radius 2 is 1.84 bits per heavy atom. The summed E-state index contributed by atoms with van der Waals surface area (Å²) in [6.45, 7) is 0.416. The van der Waals surface area contributed by atoms with Crippen molar-refractivity contribution >= 4 is 28.6 Å². The van der Waals surface area contributed by atoms with Crippen molar-refractivity contribution in [2.24, 2.45) is 0 Å². The Hall–Kier alpha value is -4.42. The van der Waals surface area contributed by atoms with Gasteiger partial charge in [-0.2, -0.15) is 5.01 Å². The largest absolute Gasteiger partial charge is 0.340 e. The molecule has 9 heteroatoms. The monoisotopic (exact) mass is 513 g/mol. The van der Waals surface area contributed by atoms with Crippen molar-refractivity contribution in [1.29, 1.82) is 0 Å². The van der Waals surface area contributed by atoms with Gasteiger partial charge in [0.1, 0.15) is 18.0 Å². The second kappa shape index (κ2) is 10.5. The fourth-order valence-corrected chi connectivity index (χ4v) is 5.36. The molecule has 1 N–H and O–H groups in total. The molecule has 2 aliphatic heterocycles. The maximum Gasteiger partial charge on any atom is 0.332 e. The molecule has 0 aromatic heterocycles. The van der Waals surface area contributed by atoms with E-state index >= 15 is 0 Å². The summed E-state index contributed by atoms with van der Waals surface area (Å²) >= 11 is 0. The van der Waals surface area contributed by atoms with Crippen molar-refractivity contribution in [2.75, 3.05) is 26.7 Å². The molecule has 0 radical (unpaired) electrons. The van der Waals surface area contributed by atoms with E-state index in [1.54, 1.807) is 26.9 Å². The summed E-state index contributed by atoms with van der Waals surface area (Å²) in [4.78, 5) is 43.2. The van der Waals surface area contributed by atoms with E-state index in [9.17, 15) is 18.8 Å². The third-order valence-electron chi connectivity index (χ3n) is 7.15. The molecule has 38 heavy (non-hydrogen) atoms. The van der Waals surface area contributed by atoms with E-state index in [1.807, 2.05) is 42.5 Å². The van der Waals surface area contributed by atoms with Gasteiger partial charge >= 0.3 is 6.03 Å². The standard InChI is InChI=1S/C29H28FN5O3/c1-3-15-33(29(38)31-2)34-19-27(36)35-25(16-20-11-13-23(30)14-12-20)28(37)32(18-26(34)35)17-22-9-6-8-21-7-4-5-10-24(21)22/h1,4-14,25-26H,15-19H2,2H3,(H,31,38)/t25-,26+/m0/s1. The molecule has 8 nitrogen and oxygen atoms in total. The van der Waals surface area contributed by atoms with E-state index in [2.05, 4.69) is 11.2 Å². The predicted molar refractivity (Wildman–Crippen MR) is 141 cm³/mol. The molecule has 0 bridgehead atoms. The first-order chi connectivity index (χ1) is 18.4. The van der Waals surface area contributed by atoms with E-state index in [1.165, 1.54) is 24.2 Å². The van der Waals surface area contributed by atoms with Crippen molar-refractivity contribution in [3.8, 4) is 12.3 Å². The molecule has 2 saturated heterocycles. The number of rotatable bonds is 6. The number of terminal acetylenes is 1. The molecular weight excluding hydrogens is 485 g/mol. The van der Waals surface area contributed by atoms with Gasteiger partial charge in [0, 0.05) is 20.0 Å². The molecule has 5 rings (SSSR count). The number of hydrogen-bond acceptors (Lipinski definition) is 4. The summed E-state index contributed by atoms with van der Waals surface area (Å²) < 4.78 is 13.6. The summed E-state index contributed by atoms with van der Waals surface area (Å²) in [5.41, 5.74) is 1.71. The van der Waals surface area contributed by atoms with Gasteiger partial charge in [-0.25, -0.2) is 14.2 Å². The second-order valence-corrected chi connectivity index (χ2v) is 9.40. The highest BCUT2D eigenvalue weighted by molar-refractivity contribution is 5.92. The molecule has 0 aliphatic carbocycles. The van der Waals surface area contributed by atoms with Gasteiger partial charge in [-0.3, -0.25) is 9.59 Å². The summed E-state index contributed by atoms with van der Waals surface area (Å²) in [5.74, 6) is 1.64. The third-order valence-corrected chi connectivity index (χ3v) is 7.15. The number of carbonyl (C=O) groups excluding carboxylic acids is 3. The number of urea groups is 1. The van der Waals surface area contributed by atoms with Crippen LogP contribution in [0.25, 0.3) is 10.8 Å². The molecule has 194 valence electrons. The minimum absolute atomic E-state index is 0.0306. The highest BCUT2D eigenvalue weighted by atomic mass is 19.1. The van der Waals surface area contributed by atoms with Crippen LogP contribution < -0.4 is 5.32 Å². The van der Waals surface area contributed by atoms with E-state index < -0.39 is 18.2 Å². The molecule has 4 amide bonds. The first-order valence-electron chi connectivity index (χ1n) is 12.4. The molecule has 3 aromatic carbocycles. The fraction of sp³-hybridized carbons (Fsp3) is 0.276. The van der Waals surface area contributed by atoms with Gasteiger partial charge in [0.15, 0.2) is 0 Å². The van der Waals surface area contributed by atoms with Crippen molar-refractivity contribution in [3.63, 3.8) is 0 Å². The van der Waals surface area contributed by atoms with Crippen molar-refractivity contribution in [1.82, 2.24) is 25.1 Å². The molecule has 0 spiro atoms. The first kappa shape index (κ1) is 25.2. The molecule has 3 aromatic rings. The quantitative estimate of drug-likeness (QED) is 0.515. The number of nitrogens with one attached hydrogen (secondary N) is 1. The molecule has 2 atom stereocenters. The molecular formula is C29H28FN5O3. The van der Waals surface area contributed by atoms with Gasteiger partial charge in [-0.1, -0.05) is 60.5 Å². The van der Waals surface area contributed by atoms with Crippen LogP contribution in [0.1, 0.15) is 11.1 Å². The van der Waals surface area contributed by atoms with Crippen LogP contribution in [-0.2, 0) is 22.6 Å². The van der Waals surface area contributed by atoms with Crippen LogP contribution in [0.5, 0.6) is 0 Å². The SMILES string of the molecule is C#CCN(C(=O)NC)N1CC(=O)N2[C@@H](Cc3ccc(F)cc3)C(=O)N(Cc3cccc4ccccc34)C[C@@H]21. The number of nitrogens with zero attached hydrogens (tertiary/aromatic N) is 4. The first-order valence-corrected chi connectivity index (χ1v) is 12.4. The lowest BCUT2D eigenvalue weighted by molar-refractivity contribution is -0.157. The van der Waals surface area contributed by atoms with E-state index in [-0.39, 0.29) is 43.7 Å². The minimum atomic E-state index is -0.816. The zero-order valence-corrected chi connectivity index (χ0v) is 21.0. The number of hydrazine groups is 1. The number of benzene rings is 3. The smallest absolute Gasteiger partial charge is 0.332 e. The highest BCUT2D eigenvalue weighted by Gasteiger charge is 2.52. The number of carbonyl (C=O) groups is 3. The average molecular weight is 514 g/mol. The van der Waals surface area contributed by atoms with Crippen LogP contribution in [0.4, 0.5) is 9.18 Å². The molecule has 0 unspecified atom stereocenters. The number of halogens is 1. The Morgan fingerprint density at radius 3 is 2.58 bits per heavy atom. The molecule has 2 fully saturated rings. The van der Waals surface area contributed by atoms with Crippen LogP contribution in [0.2, 0.25) is 0 Å². The van der Waals surface area contributed by atoms with E-state index in [0.717, 1.165) is 21.9 Å². The van der Waals surface area contributed by atoms with E-state index in [0.29, 0.717) is 6.54 Å². The van der Waals surface area contributed by atoms with Gasteiger partial charge in [0.05, 0.1) is 19.6 Å². The van der Waals surface area contributed by atoms with Gasteiger partial charge in [-0.15, -0.1) is 6.42 Å². The Bertz CT molecular complexity index is 1410. The van der Waals surface area contributed by atoms with Gasteiger partial charge in [0.2, 0.25) is 11.8 Å². The normalized spacial score (nSPS) is 19.4. The maximum atomic E-state index is 13.9.